The Hall–Kier alpha value is -2.63. The van der Waals surface area contributed by atoms with E-state index in [2.05, 4.69) is 10.3 Å². The highest BCUT2D eigenvalue weighted by Crippen LogP contribution is 2.23. The summed E-state index contributed by atoms with van der Waals surface area (Å²) >= 11 is 11.8. The number of pyridine rings is 1. The Morgan fingerprint density at radius 3 is 2.67 bits per heavy atom. The lowest BCUT2D eigenvalue weighted by molar-refractivity contribution is -0.152. The minimum absolute atomic E-state index is 0.0684. The van der Waals surface area contributed by atoms with Gasteiger partial charge in [0.05, 0.1) is 16.5 Å². The summed E-state index contributed by atoms with van der Waals surface area (Å²) in [5, 5.41) is 5.09. The zero-order chi connectivity index (χ0) is 19.4. The van der Waals surface area contributed by atoms with Crippen molar-refractivity contribution in [3.8, 4) is 0 Å². The Bertz CT molecular complexity index is 1000. The molecule has 0 saturated carbocycles. The van der Waals surface area contributed by atoms with Gasteiger partial charge in [-0.3, -0.25) is 9.59 Å². The SMILES string of the molecule is C[C@H](OC(=O)Cc1cccc2ccccc12)C(=O)Nc1ncc(Cl)cc1Cl. The van der Waals surface area contributed by atoms with Crippen LogP contribution in [0.4, 0.5) is 5.82 Å². The van der Waals surface area contributed by atoms with Crippen LogP contribution in [0.3, 0.4) is 0 Å². The fourth-order valence-electron chi connectivity index (χ4n) is 2.62. The number of carbonyl (C=O) groups is 2. The number of hydrogen-bond acceptors (Lipinski definition) is 4. The van der Waals surface area contributed by atoms with Crippen molar-refractivity contribution in [3.63, 3.8) is 0 Å². The average molecular weight is 403 g/mol. The first-order chi connectivity index (χ1) is 12.9. The van der Waals surface area contributed by atoms with Crippen molar-refractivity contribution in [3.05, 3.63) is 70.3 Å². The number of nitrogens with zero attached hydrogens (tertiary/aromatic N) is 1. The van der Waals surface area contributed by atoms with Gasteiger partial charge in [-0.15, -0.1) is 0 Å². The van der Waals surface area contributed by atoms with E-state index in [0.717, 1.165) is 16.3 Å². The molecule has 5 nitrogen and oxygen atoms in total. The molecule has 1 N–H and O–H groups in total. The van der Waals surface area contributed by atoms with E-state index in [9.17, 15) is 9.59 Å². The number of nitrogens with one attached hydrogen (secondary N) is 1. The zero-order valence-electron chi connectivity index (χ0n) is 14.4. The molecule has 0 bridgehead atoms. The summed E-state index contributed by atoms with van der Waals surface area (Å²) in [4.78, 5) is 28.4. The Morgan fingerprint density at radius 2 is 1.89 bits per heavy atom. The predicted molar refractivity (Wildman–Crippen MR) is 106 cm³/mol. The fourth-order valence-corrected chi connectivity index (χ4v) is 3.05. The van der Waals surface area contributed by atoms with E-state index < -0.39 is 18.0 Å². The summed E-state index contributed by atoms with van der Waals surface area (Å²) in [6.45, 7) is 1.49. The lowest BCUT2D eigenvalue weighted by Crippen LogP contribution is -2.30. The Morgan fingerprint density at radius 1 is 1.15 bits per heavy atom. The molecule has 1 aromatic heterocycles. The van der Waals surface area contributed by atoms with Crippen molar-refractivity contribution < 1.29 is 14.3 Å². The van der Waals surface area contributed by atoms with Gasteiger partial charge in [0.1, 0.15) is 0 Å². The van der Waals surface area contributed by atoms with Gasteiger partial charge in [-0.05, 0) is 29.3 Å². The van der Waals surface area contributed by atoms with Gasteiger partial charge in [0.2, 0.25) is 0 Å². The number of anilines is 1. The number of halogens is 2. The molecule has 0 radical (unpaired) electrons. The molecular weight excluding hydrogens is 387 g/mol. The van der Waals surface area contributed by atoms with Crippen LogP contribution in [-0.2, 0) is 20.7 Å². The van der Waals surface area contributed by atoms with Gasteiger partial charge < -0.3 is 10.1 Å². The van der Waals surface area contributed by atoms with Gasteiger partial charge >= 0.3 is 5.97 Å². The number of fused-ring (bicyclic) bond motifs is 1. The summed E-state index contributed by atoms with van der Waals surface area (Å²) in [6, 6.07) is 15.0. The van der Waals surface area contributed by atoms with Gasteiger partial charge in [-0.2, -0.15) is 0 Å². The third kappa shape index (κ3) is 4.76. The molecule has 0 spiro atoms. The molecule has 0 fully saturated rings. The molecule has 27 heavy (non-hydrogen) atoms. The fraction of sp³-hybridized carbons (Fsp3) is 0.150. The summed E-state index contributed by atoms with van der Waals surface area (Å²) in [5.41, 5.74) is 0.841. The molecular formula is C20H16Cl2N2O3. The standard InChI is InChI=1S/C20H16Cl2N2O3/c1-12(20(26)24-19-17(22)10-15(21)11-23-19)27-18(25)9-14-7-4-6-13-5-2-3-8-16(13)14/h2-8,10-12H,9H2,1H3,(H,23,24,26)/t12-/m0/s1. The lowest BCUT2D eigenvalue weighted by Gasteiger charge is -2.14. The smallest absolute Gasteiger partial charge is 0.311 e. The van der Waals surface area contributed by atoms with E-state index in [1.54, 1.807) is 0 Å². The third-order valence-corrected chi connectivity index (χ3v) is 4.44. The molecule has 138 valence electrons. The Balaban J connectivity index is 1.63. The number of rotatable bonds is 5. The molecule has 2 aromatic carbocycles. The van der Waals surface area contributed by atoms with E-state index in [0.29, 0.717) is 5.02 Å². The van der Waals surface area contributed by atoms with E-state index >= 15 is 0 Å². The van der Waals surface area contributed by atoms with Crippen LogP contribution in [0.15, 0.2) is 54.7 Å². The van der Waals surface area contributed by atoms with Crippen molar-refractivity contribution in [2.45, 2.75) is 19.4 Å². The topological polar surface area (TPSA) is 68.3 Å². The maximum atomic E-state index is 12.3. The van der Waals surface area contributed by atoms with Crippen molar-refractivity contribution >= 4 is 51.7 Å². The highest BCUT2D eigenvalue weighted by molar-refractivity contribution is 6.36. The number of hydrogen-bond donors (Lipinski definition) is 1. The van der Waals surface area contributed by atoms with Gasteiger partial charge in [-0.1, -0.05) is 65.7 Å². The van der Waals surface area contributed by atoms with Crippen LogP contribution in [0, 0.1) is 0 Å². The van der Waals surface area contributed by atoms with Gasteiger partial charge in [0, 0.05) is 6.20 Å². The first kappa shape index (κ1) is 19.1. The second-order valence-corrected chi connectivity index (χ2v) is 6.76. The molecule has 1 atom stereocenters. The monoisotopic (exact) mass is 402 g/mol. The van der Waals surface area contributed by atoms with Crippen molar-refractivity contribution in [1.82, 2.24) is 4.98 Å². The number of amides is 1. The lowest BCUT2D eigenvalue weighted by atomic mass is 10.0. The molecule has 0 aliphatic carbocycles. The highest BCUT2D eigenvalue weighted by atomic mass is 35.5. The molecule has 0 saturated heterocycles. The summed E-state index contributed by atoms with van der Waals surface area (Å²) in [6.07, 6.45) is 0.431. The number of benzene rings is 2. The first-order valence-corrected chi connectivity index (χ1v) is 8.97. The van der Waals surface area contributed by atoms with Crippen molar-refractivity contribution in [2.75, 3.05) is 5.32 Å². The van der Waals surface area contributed by atoms with Crippen molar-refractivity contribution in [2.24, 2.45) is 0 Å². The van der Waals surface area contributed by atoms with Crippen LogP contribution >= 0.6 is 23.2 Å². The van der Waals surface area contributed by atoms with E-state index in [1.165, 1.54) is 19.2 Å². The van der Waals surface area contributed by atoms with Crippen molar-refractivity contribution in [1.29, 1.82) is 0 Å². The van der Waals surface area contributed by atoms with Crippen LogP contribution in [0.2, 0.25) is 10.0 Å². The molecule has 3 aromatic rings. The normalized spacial score (nSPS) is 11.8. The Labute approximate surface area is 166 Å². The maximum Gasteiger partial charge on any atom is 0.311 e. The molecule has 1 amide bonds. The quantitative estimate of drug-likeness (QED) is 0.630. The van der Waals surface area contributed by atoms with Gasteiger partial charge in [-0.25, -0.2) is 4.98 Å². The van der Waals surface area contributed by atoms with E-state index in [4.69, 9.17) is 27.9 Å². The van der Waals surface area contributed by atoms with E-state index in [-0.39, 0.29) is 17.3 Å². The number of esters is 1. The summed E-state index contributed by atoms with van der Waals surface area (Å²) in [7, 11) is 0. The molecule has 1 heterocycles. The maximum absolute atomic E-state index is 12.3. The van der Waals surface area contributed by atoms with Gasteiger partial charge in [0.15, 0.2) is 11.9 Å². The number of carbonyl (C=O) groups excluding carboxylic acids is 2. The van der Waals surface area contributed by atoms with E-state index in [1.807, 2.05) is 42.5 Å². The molecule has 3 rings (SSSR count). The first-order valence-electron chi connectivity index (χ1n) is 8.22. The second kappa shape index (κ2) is 8.37. The van der Waals surface area contributed by atoms with Crippen LogP contribution in [0.25, 0.3) is 10.8 Å². The summed E-state index contributed by atoms with van der Waals surface area (Å²) < 4.78 is 5.25. The Kier molecular flexibility index (Phi) is 5.94. The molecule has 0 unspecified atom stereocenters. The molecule has 0 aliphatic rings. The molecule has 7 heteroatoms. The molecule has 0 aliphatic heterocycles. The van der Waals surface area contributed by atoms with Crippen LogP contribution < -0.4 is 5.32 Å². The van der Waals surface area contributed by atoms with Crippen LogP contribution in [-0.4, -0.2) is 23.0 Å². The minimum Gasteiger partial charge on any atom is -0.452 e. The third-order valence-electron chi connectivity index (χ3n) is 3.94. The van der Waals surface area contributed by atoms with Crippen LogP contribution in [0.5, 0.6) is 0 Å². The predicted octanol–water partition coefficient (Wildman–Crippen LogP) is 4.65. The van der Waals surface area contributed by atoms with Crippen LogP contribution in [0.1, 0.15) is 12.5 Å². The zero-order valence-corrected chi connectivity index (χ0v) is 15.9. The highest BCUT2D eigenvalue weighted by Gasteiger charge is 2.20. The minimum atomic E-state index is -0.999. The summed E-state index contributed by atoms with van der Waals surface area (Å²) in [5.74, 6) is -0.870. The second-order valence-electron chi connectivity index (χ2n) is 5.92. The largest absolute Gasteiger partial charge is 0.452 e. The van der Waals surface area contributed by atoms with Gasteiger partial charge in [0.25, 0.3) is 5.91 Å². The average Bonchev–Trinajstić information content (AvgIpc) is 2.64. The number of aromatic nitrogens is 1. The number of ether oxygens (including phenoxy) is 1.